The van der Waals surface area contributed by atoms with Gasteiger partial charge >= 0.3 is 0 Å². The van der Waals surface area contributed by atoms with Crippen molar-refractivity contribution >= 4 is 39.2 Å². The fourth-order valence-corrected chi connectivity index (χ4v) is 4.23. The third kappa shape index (κ3) is 4.57. The lowest BCUT2D eigenvalue weighted by atomic mass is 10.1. The zero-order valence-electron chi connectivity index (χ0n) is 13.6. The molecule has 0 aliphatic carbocycles. The van der Waals surface area contributed by atoms with Gasteiger partial charge in [0.2, 0.25) is 5.91 Å². The summed E-state index contributed by atoms with van der Waals surface area (Å²) in [6, 6.07) is 8.46. The van der Waals surface area contributed by atoms with Crippen LogP contribution in [0.3, 0.4) is 0 Å². The molecule has 1 N–H and O–H groups in total. The van der Waals surface area contributed by atoms with Gasteiger partial charge in [0.1, 0.15) is 5.82 Å². The van der Waals surface area contributed by atoms with Gasteiger partial charge in [-0.3, -0.25) is 4.79 Å². The van der Waals surface area contributed by atoms with E-state index in [4.69, 9.17) is 0 Å². The van der Waals surface area contributed by atoms with Gasteiger partial charge in [0.05, 0.1) is 6.10 Å². The van der Waals surface area contributed by atoms with Crippen molar-refractivity contribution in [1.82, 2.24) is 4.90 Å². The van der Waals surface area contributed by atoms with E-state index < -0.39 is 6.10 Å². The molecule has 1 aromatic heterocycles. The van der Waals surface area contributed by atoms with Crippen molar-refractivity contribution in [3.8, 4) is 0 Å². The number of hydrogen-bond acceptors (Lipinski definition) is 3. The van der Waals surface area contributed by atoms with Crippen molar-refractivity contribution in [1.29, 1.82) is 0 Å². The summed E-state index contributed by atoms with van der Waals surface area (Å²) in [6.07, 6.45) is 4.71. The molecule has 1 amide bonds. The monoisotopic (exact) mass is 423 g/mol. The number of carbonyl (C=O) groups excluding carboxylic acids is 1. The minimum absolute atomic E-state index is 0.0154. The van der Waals surface area contributed by atoms with Crippen molar-refractivity contribution < 1.29 is 14.3 Å². The zero-order chi connectivity index (χ0) is 17.8. The Bertz CT molecular complexity index is 763. The molecule has 1 aliphatic heterocycles. The molecule has 1 aliphatic rings. The van der Waals surface area contributed by atoms with Gasteiger partial charge in [0.15, 0.2) is 0 Å². The topological polar surface area (TPSA) is 40.5 Å². The quantitative estimate of drug-likeness (QED) is 0.702. The van der Waals surface area contributed by atoms with E-state index in [0.717, 1.165) is 22.2 Å². The lowest BCUT2D eigenvalue weighted by Gasteiger charge is -2.25. The van der Waals surface area contributed by atoms with Crippen LogP contribution in [0.25, 0.3) is 6.08 Å². The van der Waals surface area contributed by atoms with Gasteiger partial charge < -0.3 is 10.0 Å². The van der Waals surface area contributed by atoms with Crippen LogP contribution in [-0.2, 0) is 4.79 Å². The van der Waals surface area contributed by atoms with E-state index >= 15 is 0 Å². The van der Waals surface area contributed by atoms with Gasteiger partial charge in [-0.05, 0) is 55.0 Å². The molecule has 6 heteroatoms. The molecule has 3 rings (SSSR count). The second-order valence-electron chi connectivity index (χ2n) is 6.09. The number of carbonyl (C=O) groups is 1. The number of thiophene rings is 1. The normalized spacial score (nSPS) is 18.8. The summed E-state index contributed by atoms with van der Waals surface area (Å²) in [5, 5.41) is 12.3. The minimum Gasteiger partial charge on any atom is -0.387 e. The van der Waals surface area contributed by atoms with Crippen molar-refractivity contribution in [2.45, 2.75) is 31.4 Å². The van der Waals surface area contributed by atoms with Crippen LogP contribution in [0.15, 0.2) is 46.3 Å². The number of halogens is 2. The largest absolute Gasteiger partial charge is 0.387 e. The molecule has 132 valence electrons. The average molecular weight is 424 g/mol. The Balaban J connectivity index is 1.66. The zero-order valence-corrected chi connectivity index (χ0v) is 16.0. The molecule has 0 spiro atoms. The van der Waals surface area contributed by atoms with Gasteiger partial charge in [-0.1, -0.05) is 22.0 Å². The Kier molecular flexibility index (Phi) is 6.04. The average Bonchev–Trinajstić information content (AvgIpc) is 3.27. The van der Waals surface area contributed by atoms with E-state index in [1.807, 2.05) is 17.5 Å². The summed E-state index contributed by atoms with van der Waals surface area (Å²) < 4.78 is 14.5. The van der Waals surface area contributed by atoms with Crippen LogP contribution < -0.4 is 0 Å². The molecule has 1 saturated heterocycles. The van der Waals surface area contributed by atoms with Gasteiger partial charge in [-0.2, -0.15) is 0 Å². The maximum absolute atomic E-state index is 13.8. The maximum Gasteiger partial charge on any atom is 0.246 e. The van der Waals surface area contributed by atoms with Gasteiger partial charge in [0, 0.05) is 33.6 Å². The van der Waals surface area contributed by atoms with Crippen LogP contribution in [-0.4, -0.2) is 28.5 Å². The highest BCUT2D eigenvalue weighted by atomic mass is 79.9. The summed E-state index contributed by atoms with van der Waals surface area (Å²) in [7, 11) is 0. The van der Waals surface area contributed by atoms with Crippen LogP contribution in [0.5, 0.6) is 0 Å². The molecule has 2 aromatic rings. The van der Waals surface area contributed by atoms with E-state index in [0.29, 0.717) is 18.5 Å². The molecule has 0 saturated carbocycles. The fourth-order valence-electron chi connectivity index (χ4n) is 3.12. The molecule has 25 heavy (non-hydrogen) atoms. The number of aliphatic hydroxyl groups is 1. The molecule has 0 bridgehead atoms. The smallest absolute Gasteiger partial charge is 0.246 e. The second-order valence-corrected chi connectivity index (χ2v) is 7.99. The molecular formula is C19H19BrFNO2S. The van der Waals surface area contributed by atoms with Crippen molar-refractivity contribution in [3.63, 3.8) is 0 Å². The summed E-state index contributed by atoms with van der Waals surface area (Å²) in [6.45, 7) is 0.673. The number of amides is 1. The third-order valence-corrected chi connectivity index (χ3v) is 5.86. The summed E-state index contributed by atoms with van der Waals surface area (Å²) >= 11 is 4.82. The number of rotatable bonds is 5. The first kappa shape index (κ1) is 18.3. The Morgan fingerprint density at radius 1 is 1.48 bits per heavy atom. The van der Waals surface area contributed by atoms with Crippen molar-refractivity contribution in [2.24, 2.45) is 0 Å². The Labute approximate surface area is 158 Å². The molecule has 1 aromatic carbocycles. The van der Waals surface area contributed by atoms with Crippen LogP contribution in [0, 0.1) is 5.82 Å². The first-order chi connectivity index (χ1) is 12.0. The number of hydrogen-bond donors (Lipinski definition) is 1. The molecule has 0 unspecified atom stereocenters. The lowest BCUT2D eigenvalue weighted by molar-refractivity contribution is -0.127. The summed E-state index contributed by atoms with van der Waals surface area (Å²) in [5.41, 5.74) is 0.372. The maximum atomic E-state index is 13.8. The predicted molar refractivity (Wildman–Crippen MR) is 102 cm³/mol. The number of aliphatic hydroxyl groups excluding tert-OH is 1. The number of likely N-dealkylation sites (tertiary alicyclic amines) is 1. The molecule has 3 nitrogen and oxygen atoms in total. The van der Waals surface area contributed by atoms with Gasteiger partial charge in [-0.15, -0.1) is 11.3 Å². The second kappa shape index (κ2) is 8.25. The standard InChI is InChI=1S/C19H19BrFNO2S/c20-14-6-7-16(21)13(11-14)5-8-19(24)22-9-1-3-15(22)12-17(23)18-4-2-10-25-18/h2,4-8,10-11,15,17,23H,1,3,9,12H2/b8-5+/t15-,17+/m1/s1. The molecular weight excluding hydrogens is 405 g/mol. The molecule has 0 radical (unpaired) electrons. The SMILES string of the molecule is O=C(/C=C/c1cc(Br)ccc1F)N1CCC[C@@H]1C[C@H](O)c1cccs1. The van der Waals surface area contributed by atoms with Crippen LogP contribution in [0.2, 0.25) is 0 Å². The minimum atomic E-state index is -0.551. The first-order valence-electron chi connectivity index (χ1n) is 8.20. The summed E-state index contributed by atoms with van der Waals surface area (Å²) in [4.78, 5) is 15.2. The van der Waals surface area contributed by atoms with E-state index in [9.17, 15) is 14.3 Å². The number of benzene rings is 1. The third-order valence-electron chi connectivity index (χ3n) is 4.39. The Morgan fingerprint density at radius 3 is 3.08 bits per heavy atom. The Morgan fingerprint density at radius 2 is 2.32 bits per heavy atom. The summed E-state index contributed by atoms with van der Waals surface area (Å²) in [5.74, 6) is -0.501. The first-order valence-corrected chi connectivity index (χ1v) is 9.87. The Hall–Kier alpha value is -1.50. The van der Waals surface area contributed by atoms with Crippen molar-refractivity contribution in [2.75, 3.05) is 6.54 Å². The van der Waals surface area contributed by atoms with Gasteiger partial charge in [-0.25, -0.2) is 4.39 Å². The van der Waals surface area contributed by atoms with Crippen molar-refractivity contribution in [3.05, 3.63) is 62.5 Å². The lowest BCUT2D eigenvalue weighted by Crippen LogP contribution is -2.35. The highest BCUT2D eigenvalue weighted by molar-refractivity contribution is 9.10. The van der Waals surface area contributed by atoms with Crippen LogP contribution in [0.1, 0.15) is 35.8 Å². The highest BCUT2D eigenvalue weighted by Gasteiger charge is 2.29. The molecule has 1 fully saturated rings. The van der Waals surface area contributed by atoms with Crippen LogP contribution in [0.4, 0.5) is 4.39 Å². The van der Waals surface area contributed by atoms with E-state index in [2.05, 4.69) is 15.9 Å². The van der Waals surface area contributed by atoms with E-state index in [-0.39, 0.29) is 17.8 Å². The number of nitrogens with zero attached hydrogens (tertiary/aromatic N) is 1. The van der Waals surface area contributed by atoms with E-state index in [1.54, 1.807) is 17.0 Å². The van der Waals surface area contributed by atoms with Gasteiger partial charge in [0.25, 0.3) is 0 Å². The van der Waals surface area contributed by atoms with Crippen LogP contribution >= 0.6 is 27.3 Å². The highest BCUT2D eigenvalue weighted by Crippen LogP contribution is 2.29. The predicted octanol–water partition coefficient (Wildman–Crippen LogP) is 4.78. The molecule has 2 atom stereocenters. The fraction of sp³-hybridized carbons (Fsp3) is 0.316. The molecule has 2 heterocycles. The van der Waals surface area contributed by atoms with E-state index in [1.165, 1.54) is 29.6 Å².